The first-order valence-corrected chi connectivity index (χ1v) is 5.08. The Kier molecular flexibility index (Phi) is 2.91. The summed E-state index contributed by atoms with van der Waals surface area (Å²) in [6.07, 6.45) is 3.06. The minimum Gasteiger partial charge on any atom is -0.481 e. The van der Waals surface area contributed by atoms with Crippen LogP contribution in [0.4, 0.5) is 4.39 Å². The van der Waals surface area contributed by atoms with E-state index < -0.39 is 11.8 Å². The number of rotatable bonds is 3. The fraction of sp³-hybridized carbons (Fsp3) is 0.167. The van der Waals surface area contributed by atoms with Crippen LogP contribution in [0.25, 0.3) is 5.69 Å². The molecule has 2 aromatic rings. The summed E-state index contributed by atoms with van der Waals surface area (Å²) in [6.45, 7) is 1.77. The van der Waals surface area contributed by atoms with Gasteiger partial charge in [-0.15, -0.1) is 0 Å². The molecule has 1 N–H and O–H groups in total. The molecule has 2 rings (SSSR count). The number of aryl methyl sites for hydroxylation is 1. The van der Waals surface area contributed by atoms with Crippen LogP contribution >= 0.6 is 0 Å². The topological polar surface area (TPSA) is 55.1 Å². The Morgan fingerprint density at radius 3 is 2.82 bits per heavy atom. The molecular weight excluding hydrogens is 223 g/mol. The van der Waals surface area contributed by atoms with Crippen molar-refractivity contribution < 1.29 is 14.3 Å². The second kappa shape index (κ2) is 4.37. The molecule has 0 aliphatic carbocycles. The number of benzene rings is 1. The van der Waals surface area contributed by atoms with E-state index in [0.29, 0.717) is 17.1 Å². The van der Waals surface area contributed by atoms with Crippen LogP contribution in [-0.4, -0.2) is 20.6 Å². The van der Waals surface area contributed by atoms with Gasteiger partial charge in [-0.3, -0.25) is 4.79 Å². The average Bonchev–Trinajstić information content (AvgIpc) is 2.64. The van der Waals surface area contributed by atoms with Crippen LogP contribution in [0.15, 0.2) is 30.6 Å². The van der Waals surface area contributed by atoms with Crippen LogP contribution in [0.1, 0.15) is 11.4 Å². The number of halogens is 1. The maximum Gasteiger partial charge on any atom is 0.307 e. The minimum absolute atomic E-state index is 0.180. The number of carboxylic acid groups (broad SMARTS) is 1. The van der Waals surface area contributed by atoms with Gasteiger partial charge in [0.05, 0.1) is 12.1 Å². The van der Waals surface area contributed by atoms with Gasteiger partial charge in [-0.05, 0) is 24.6 Å². The first-order valence-electron chi connectivity index (χ1n) is 5.08. The van der Waals surface area contributed by atoms with Gasteiger partial charge in [0.25, 0.3) is 0 Å². The second-order valence-electron chi connectivity index (χ2n) is 3.70. The molecule has 17 heavy (non-hydrogen) atoms. The molecule has 1 heterocycles. The van der Waals surface area contributed by atoms with Gasteiger partial charge >= 0.3 is 5.97 Å². The molecule has 1 aromatic heterocycles. The molecule has 0 saturated carbocycles. The predicted molar refractivity (Wildman–Crippen MR) is 59.6 cm³/mol. The third-order valence-corrected chi connectivity index (χ3v) is 2.45. The van der Waals surface area contributed by atoms with Gasteiger partial charge in [0, 0.05) is 12.4 Å². The van der Waals surface area contributed by atoms with Crippen molar-refractivity contribution in [2.75, 3.05) is 0 Å². The molecule has 0 bridgehead atoms. The van der Waals surface area contributed by atoms with E-state index >= 15 is 0 Å². The van der Waals surface area contributed by atoms with Crippen LogP contribution in [0.2, 0.25) is 0 Å². The van der Waals surface area contributed by atoms with Crippen LogP contribution in [-0.2, 0) is 11.2 Å². The van der Waals surface area contributed by atoms with Gasteiger partial charge in [-0.1, -0.05) is 6.07 Å². The molecule has 0 radical (unpaired) electrons. The fourth-order valence-electron chi connectivity index (χ4n) is 1.66. The molecule has 0 aliphatic heterocycles. The number of hydrogen-bond acceptors (Lipinski definition) is 2. The summed E-state index contributed by atoms with van der Waals surface area (Å²) < 4.78 is 15.4. The quantitative estimate of drug-likeness (QED) is 0.883. The number of imidazole rings is 1. The molecule has 0 fully saturated rings. The van der Waals surface area contributed by atoms with Gasteiger partial charge in [0.15, 0.2) is 0 Å². The van der Waals surface area contributed by atoms with Crippen molar-refractivity contribution in [3.63, 3.8) is 0 Å². The summed E-state index contributed by atoms with van der Waals surface area (Å²) in [6, 6.07) is 4.40. The molecule has 0 spiro atoms. The summed E-state index contributed by atoms with van der Waals surface area (Å²) in [5, 5.41) is 8.62. The summed E-state index contributed by atoms with van der Waals surface area (Å²) in [7, 11) is 0. The highest BCUT2D eigenvalue weighted by Gasteiger charge is 2.09. The summed E-state index contributed by atoms with van der Waals surface area (Å²) in [4.78, 5) is 14.5. The van der Waals surface area contributed by atoms with E-state index in [9.17, 15) is 9.18 Å². The zero-order valence-corrected chi connectivity index (χ0v) is 9.22. The number of hydrogen-bond donors (Lipinski definition) is 1. The van der Waals surface area contributed by atoms with Gasteiger partial charge in [0.2, 0.25) is 0 Å². The molecule has 5 heteroatoms. The van der Waals surface area contributed by atoms with Crippen LogP contribution < -0.4 is 0 Å². The first kappa shape index (κ1) is 11.3. The highest BCUT2D eigenvalue weighted by molar-refractivity contribution is 5.70. The Morgan fingerprint density at radius 2 is 2.29 bits per heavy atom. The van der Waals surface area contributed by atoms with Crippen molar-refractivity contribution in [1.82, 2.24) is 9.55 Å². The number of nitrogens with zero attached hydrogens (tertiary/aromatic N) is 2. The van der Waals surface area contributed by atoms with Crippen molar-refractivity contribution in [3.05, 3.63) is 47.8 Å². The van der Waals surface area contributed by atoms with Crippen LogP contribution in [0, 0.1) is 12.7 Å². The van der Waals surface area contributed by atoms with Crippen molar-refractivity contribution >= 4 is 5.97 Å². The zero-order chi connectivity index (χ0) is 12.4. The van der Waals surface area contributed by atoms with E-state index in [4.69, 9.17) is 5.11 Å². The molecule has 0 saturated heterocycles. The lowest BCUT2D eigenvalue weighted by atomic mass is 10.1. The van der Waals surface area contributed by atoms with Crippen molar-refractivity contribution in [2.45, 2.75) is 13.3 Å². The molecule has 1 aromatic carbocycles. The van der Waals surface area contributed by atoms with Crippen LogP contribution in [0.3, 0.4) is 0 Å². The monoisotopic (exact) mass is 234 g/mol. The van der Waals surface area contributed by atoms with Gasteiger partial charge in [-0.2, -0.15) is 0 Å². The molecule has 0 amide bonds. The third kappa shape index (κ3) is 2.33. The number of aliphatic carboxylic acids is 1. The van der Waals surface area contributed by atoms with E-state index in [1.807, 2.05) is 0 Å². The van der Waals surface area contributed by atoms with Crippen molar-refractivity contribution in [1.29, 1.82) is 0 Å². The smallest absolute Gasteiger partial charge is 0.307 e. The Balaban J connectivity index is 2.39. The lowest BCUT2D eigenvalue weighted by Gasteiger charge is -2.07. The first-order chi connectivity index (χ1) is 8.08. The number of aromatic nitrogens is 2. The average molecular weight is 234 g/mol. The molecule has 4 nitrogen and oxygen atoms in total. The van der Waals surface area contributed by atoms with Crippen LogP contribution in [0.5, 0.6) is 0 Å². The molecule has 0 atom stereocenters. The van der Waals surface area contributed by atoms with Gasteiger partial charge in [0.1, 0.15) is 11.6 Å². The second-order valence-corrected chi connectivity index (χ2v) is 3.70. The maximum atomic E-state index is 13.8. The Labute approximate surface area is 97.3 Å². The van der Waals surface area contributed by atoms with Gasteiger partial charge in [-0.25, -0.2) is 9.37 Å². The molecular formula is C12H11FN2O2. The summed E-state index contributed by atoms with van der Waals surface area (Å²) in [5.74, 6) is -0.754. The highest BCUT2D eigenvalue weighted by atomic mass is 19.1. The van der Waals surface area contributed by atoms with E-state index in [1.54, 1.807) is 36.0 Å². The lowest BCUT2D eigenvalue weighted by molar-refractivity contribution is -0.136. The Bertz CT molecular complexity index is 563. The molecule has 88 valence electrons. The third-order valence-electron chi connectivity index (χ3n) is 2.45. The Hall–Kier alpha value is -2.17. The lowest BCUT2D eigenvalue weighted by Crippen LogP contribution is -2.03. The van der Waals surface area contributed by atoms with E-state index in [1.165, 1.54) is 6.07 Å². The standard InChI is InChI=1S/C12H11FN2O2/c1-8-14-4-5-15(8)11-3-2-9(6-10(11)13)7-12(16)17/h2-6H,7H2,1H3,(H,16,17). The van der Waals surface area contributed by atoms with E-state index in [-0.39, 0.29) is 6.42 Å². The van der Waals surface area contributed by atoms with Gasteiger partial charge < -0.3 is 9.67 Å². The SMILES string of the molecule is Cc1nccn1-c1ccc(CC(=O)O)cc1F. The molecule has 0 aliphatic rings. The highest BCUT2D eigenvalue weighted by Crippen LogP contribution is 2.17. The van der Waals surface area contributed by atoms with Crippen molar-refractivity contribution in [3.8, 4) is 5.69 Å². The number of carboxylic acids is 1. The maximum absolute atomic E-state index is 13.8. The molecule has 0 unspecified atom stereocenters. The summed E-state index contributed by atoms with van der Waals surface area (Å²) >= 11 is 0. The van der Waals surface area contributed by atoms with E-state index in [0.717, 1.165) is 0 Å². The Morgan fingerprint density at radius 1 is 1.53 bits per heavy atom. The van der Waals surface area contributed by atoms with E-state index in [2.05, 4.69) is 4.98 Å². The normalized spacial score (nSPS) is 10.5. The minimum atomic E-state index is -0.976. The predicted octanol–water partition coefficient (Wildman–Crippen LogP) is 1.95. The fourth-order valence-corrected chi connectivity index (χ4v) is 1.66. The largest absolute Gasteiger partial charge is 0.481 e. The summed E-state index contributed by atoms with van der Waals surface area (Å²) in [5.41, 5.74) is 0.811. The zero-order valence-electron chi connectivity index (χ0n) is 9.22. The number of carbonyl (C=O) groups is 1. The van der Waals surface area contributed by atoms with Crippen molar-refractivity contribution in [2.24, 2.45) is 0 Å².